The Labute approximate surface area is 149 Å². The Morgan fingerprint density at radius 3 is 2.19 bits per heavy atom. The topological polar surface area (TPSA) is 108 Å². The average Bonchev–Trinajstić information content (AvgIpc) is 3.12. The number of carboxylic acid groups (broad SMARTS) is 1. The van der Waals surface area contributed by atoms with Gasteiger partial charge < -0.3 is 19.5 Å². The quantitative estimate of drug-likeness (QED) is 0.812. The van der Waals surface area contributed by atoms with Crippen LogP contribution < -0.4 is 0 Å². The third kappa shape index (κ3) is 3.39. The molecule has 2 aromatic rings. The number of aliphatic carboxylic acids is 1. The van der Waals surface area contributed by atoms with E-state index in [1.165, 1.54) is 11.8 Å². The number of carbonyl (C=O) groups is 3. The normalized spacial score (nSPS) is 16.3. The average molecular weight is 357 g/mol. The van der Waals surface area contributed by atoms with E-state index in [-0.39, 0.29) is 43.4 Å². The molecule has 0 unspecified atom stereocenters. The zero-order chi connectivity index (χ0) is 18.9. The van der Waals surface area contributed by atoms with E-state index in [4.69, 9.17) is 9.52 Å². The molecule has 1 aliphatic rings. The number of nitrogens with zero attached hydrogens (tertiary/aromatic N) is 1. The van der Waals surface area contributed by atoms with Gasteiger partial charge in [-0.2, -0.15) is 0 Å². The van der Waals surface area contributed by atoms with Crippen molar-refractivity contribution in [2.24, 2.45) is 0 Å². The van der Waals surface area contributed by atoms with Crippen molar-refractivity contribution < 1.29 is 29.0 Å². The van der Waals surface area contributed by atoms with Gasteiger partial charge in [0.25, 0.3) is 5.91 Å². The second-order valence-corrected chi connectivity index (χ2v) is 6.43. The molecule has 1 amide bonds. The summed E-state index contributed by atoms with van der Waals surface area (Å²) < 4.78 is 5.63. The number of Topliss-reactive ketones (excluding diaryl/α,β-unsaturated/α-hetero) is 1. The Balaban J connectivity index is 1.71. The summed E-state index contributed by atoms with van der Waals surface area (Å²) in [5.41, 5.74) is -0.437. The predicted octanol–water partition coefficient (Wildman–Crippen LogP) is 2.20. The Bertz CT molecular complexity index is 843. The zero-order valence-corrected chi connectivity index (χ0v) is 14.3. The molecule has 0 bridgehead atoms. The Hall–Kier alpha value is -2.93. The molecule has 7 heteroatoms. The van der Waals surface area contributed by atoms with E-state index in [1.54, 1.807) is 36.4 Å². The highest BCUT2D eigenvalue weighted by Gasteiger charge is 2.40. The van der Waals surface area contributed by atoms with Gasteiger partial charge in [-0.25, -0.2) is 4.79 Å². The summed E-state index contributed by atoms with van der Waals surface area (Å²) in [7, 11) is 0. The lowest BCUT2D eigenvalue weighted by atomic mass is 9.91. The number of amides is 1. The minimum absolute atomic E-state index is 0.0197. The third-order valence-electron chi connectivity index (χ3n) is 4.67. The molecule has 7 nitrogen and oxygen atoms in total. The zero-order valence-electron chi connectivity index (χ0n) is 14.3. The highest BCUT2D eigenvalue weighted by Crippen LogP contribution is 2.26. The molecule has 0 spiro atoms. The van der Waals surface area contributed by atoms with E-state index < -0.39 is 11.6 Å². The van der Waals surface area contributed by atoms with E-state index in [2.05, 4.69) is 0 Å². The van der Waals surface area contributed by atoms with Gasteiger partial charge in [0.1, 0.15) is 5.76 Å². The van der Waals surface area contributed by atoms with Crippen LogP contribution in [0.25, 0.3) is 11.3 Å². The molecule has 3 rings (SSSR count). The first-order chi connectivity index (χ1) is 12.3. The highest BCUT2D eigenvalue weighted by atomic mass is 16.4. The van der Waals surface area contributed by atoms with Gasteiger partial charge in [0.2, 0.25) is 0 Å². The summed E-state index contributed by atoms with van der Waals surface area (Å²) in [6, 6.07) is 10.1. The highest BCUT2D eigenvalue weighted by molar-refractivity contribution is 5.94. The molecule has 26 heavy (non-hydrogen) atoms. The van der Waals surface area contributed by atoms with Crippen molar-refractivity contribution in [3.8, 4) is 11.3 Å². The number of furan rings is 1. The van der Waals surface area contributed by atoms with Gasteiger partial charge in [-0.1, -0.05) is 24.3 Å². The maximum absolute atomic E-state index is 12.5. The molecular formula is C19H19NO6. The van der Waals surface area contributed by atoms with Crippen LogP contribution in [0.15, 0.2) is 40.8 Å². The maximum atomic E-state index is 12.5. The fourth-order valence-corrected chi connectivity index (χ4v) is 2.93. The van der Waals surface area contributed by atoms with Gasteiger partial charge in [-0.3, -0.25) is 9.59 Å². The van der Waals surface area contributed by atoms with E-state index in [0.717, 1.165) is 5.56 Å². The number of rotatable bonds is 4. The van der Waals surface area contributed by atoms with Crippen molar-refractivity contribution in [3.05, 3.63) is 47.7 Å². The third-order valence-corrected chi connectivity index (χ3v) is 4.67. The van der Waals surface area contributed by atoms with Crippen LogP contribution in [0.5, 0.6) is 0 Å². The van der Waals surface area contributed by atoms with Gasteiger partial charge in [0.15, 0.2) is 17.1 Å². The van der Waals surface area contributed by atoms with Crippen molar-refractivity contribution in [1.29, 1.82) is 0 Å². The Morgan fingerprint density at radius 1 is 1.04 bits per heavy atom. The molecule has 1 aromatic carbocycles. The first-order valence-electron chi connectivity index (χ1n) is 8.26. The van der Waals surface area contributed by atoms with Crippen molar-refractivity contribution in [2.45, 2.75) is 25.4 Å². The molecule has 0 saturated carbocycles. The summed E-state index contributed by atoms with van der Waals surface area (Å²) >= 11 is 0. The number of carboxylic acids is 1. The van der Waals surface area contributed by atoms with Gasteiger partial charge in [0.05, 0.1) is 0 Å². The minimum atomic E-state index is -1.77. The monoisotopic (exact) mass is 357 g/mol. The van der Waals surface area contributed by atoms with Crippen molar-refractivity contribution in [1.82, 2.24) is 4.90 Å². The van der Waals surface area contributed by atoms with Crippen molar-refractivity contribution >= 4 is 17.7 Å². The molecular weight excluding hydrogens is 338 g/mol. The van der Waals surface area contributed by atoms with Gasteiger partial charge in [-0.15, -0.1) is 0 Å². The van der Waals surface area contributed by atoms with Crippen LogP contribution in [0.4, 0.5) is 0 Å². The van der Waals surface area contributed by atoms with E-state index in [0.29, 0.717) is 11.3 Å². The lowest BCUT2D eigenvalue weighted by Crippen LogP contribution is -2.50. The number of carbonyl (C=O) groups excluding carboxylic acids is 2. The molecule has 1 aliphatic heterocycles. The van der Waals surface area contributed by atoms with E-state index in [1.807, 2.05) is 0 Å². The van der Waals surface area contributed by atoms with Crippen molar-refractivity contribution in [2.75, 3.05) is 13.1 Å². The summed E-state index contributed by atoms with van der Waals surface area (Å²) in [5.74, 6) is -0.986. The SMILES string of the molecule is CC(=O)c1ccc(-c2ccc(C(=O)N3CCC(O)(C(=O)O)CC3)o2)cc1. The number of likely N-dealkylation sites (tertiary alicyclic amines) is 1. The molecule has 1 aromatic heterocycles. The fraction of sp³-hybridized carbons (Fsp3) is 0.316. The predicted molar refractivity (Wildman–Crippen MR) is 91.9 cm³/mol. The van der Waals surface area contributed by atoms with Gasteiger partial charge >= 0.3 is 5.97 Å². The standard InChI is InChI=1S/C19H19NO6/c1-12(21)13-2-4-14(5-3-13)15-6-7-16(26-15)17(22)20-10-8-19(25,9-11-20)18(23)24/h2-7,25H,8-11H2,1H3,(H,23,24). The first-order valence-corrected chi connectivity index (χ1v) is 8.26. The van der Waals surface area contributed by atoms with Crippen LogP contribution in [-0.2, 0) is 4.79 Å². The first kappa shape index (κ1) is 17.9. The lowest BCUT2D eigenvalue weighted by Gasteiger charge is -2.34. The van der Waals surface area contributed by atoms with Crippen LogP contribution in [0, 0.1) is 0 Å². The number of hydrogen-bond donors (Lipinski definition) is 2. The Kier molecular flexibility index (Phi) is 4.65. The van der Waals surface area contributed by atoms with Crippen LogP contribution in [0.1, 0.15) is 40.7 Å². The smallest absolute Gasteiger partial charge is 0.335 e. The fourth-order valence-electron chi connectivity index (χ4n) is 2.93. The van der Waals surface area contributed by atoms with Crippen LogP contribution in [-0.4, -0.2) is 51.5 Å². The second-order valence-electron chi connectivity index (χ2n) is 6.43. The molecule has 2 N–H and O–H groups in total. The second kappa shape index (κ2) is 6.76. The molecule has 1 fully saturated rings. The van der Waals surface area contributed by atoms with Crippen molar-refractivity contribution in [3.63, 3.8) is 0 Å². The molecule has 1 saturated heterocycles. The van der Waals surface area contributed by atoms with E-state index in [9.17, 15) is 19.5 Å². The maximum Gasteiger partial charge on any atom is 0.335 e. The van der Waals surface area contributed by atoms with Crippen LogP contribution in [0.3, 0.4) is 0 Å². The van der Waals surface area contributed by atoms with Crippen LogP contribution >= 0.6 is 0 Å². The summed E-state index contributed by atoms with van der Waals surface area (Å²) in [5, 5.41) is 19.0. The largest absolute Gasteiger partial charge is 0.479 e. The molecule has 0 aliphatic carbocycles. The molecule has 0 atom stereocenters. The lowest BCUT2D eigenvalue weighted by molar-refractivity contribution is -0.162. The molecule has 2 heterocycles. The summed E-state index contributed by atoms with van der Waals surface area (Å²) in [4.78, 5) is 36.4. The van der Waals surface area contributed by atoms with Crippen LogP contribution in [0.2, 0.25) is 0 Å². The number of piperidine rings is 1. The molecule has 0 radical (unpaired) electrons. The number of hydrogen-bond acceptors (Lipinski definition) is 5. The van der Waals surface area contributed by atoms with E-state index >= 15 is 0 Å². The number of ketones is 1. The van der Waals surface area contributed by atoms with Gasteiger partial charge in [-0.05, 0) is 19.1 Å². The number of aliphatic hydroxyl groups is 1. The van der Waals surface area contributed by atoms with Gasteiger partial charge in [0, 0.05) is 37.1 Å². The number of benzene rings is 1. The minimum Gasteiger partial charge on any atom is -0.479 e. The summed E-state index contributed by atoms with van der Waals surface area (Å²) in [6.45, 7) is 1.78. The summed E-state index contributed by atoms with van der Waals surface area (Å²) in [6.07, 6.45) is -0.0394. The molecule has 136 valence electrons. The Morgan fingerprint density at radius 2 is 1.65 bits per heavy atom.